The Morgan fingerprint density at radius 1 is 1.00 bits per heavy atom. The van der Waals surface area contributed by atoms with Gasteiger partial charge in [-0.05, 0) is 43.2 Å². The number of nitrogens with zero attached hydrogens (tertiary/aromatic N) is 3. The smallest absolute Gasteiger partial charge is 0.244 e. The fourth-order valence-corrected chi connectivity index (χ4v) is 3.86. The second-order valence-electron chi connectivity index (χ2n) is 7.76. The SMILES string of the molecule is CCNC(=NCC(=O)N1CCN(c2ccccc2)CC1)NCCc1ccc2c(c1)OCO2. The lowest BCUT2D eigenvalue weighted by Gasteiger charge is -2.36. The number of amides is 1. The summed E-state index contributed by atoms with van der Waals surface area (Å²) in [7, 11) is 0. The Morgan fingerprint density at radius 3 is 2.56 bits per heavy atom. The van der Waals surface area contributed by atoms with Crippen LogP contribution in [0.4, 0.5) is 5.69 Å². The monoisotopic (exact) mass is 437 g/mol. The van der Waals surface area contributed by atoms with Crippen molar-refractivity contribution in [2.24, 2.45) is 4.99 Å². The van der Waals surface area contributed by atoms with Crippen LogP contribution in [0.15, 0.2) is 53.5 Å². The third kappa shape index (κ3) is 5.63. The molecule has 2 aliphatic heterocycles. The molecule has 8 nitrogen and oxygen atoms in total. The molecule has 2 aromatic rings. The standard InChI is InChI=1S/C24H31N5O3/c1-2-25-24(26-11-10-19-8-9-21-22(16-19)32-18-31-21)27-17-23(30)29-14-12-28(13-15-29)20-6-4-3-5-7-20/h3-9,16H,2,10-15,17-18H2,1H3,(H2,25,26,27). The fraction of sp³-hybridized carbons (Fsp3) is 0.417. The normalized spacial score (nSPS) is 15.6. The Morgan fingerprint density at radius 2 is 1.78 bits per heavy atom. The Kier molecular flexibility index (Phi) is 7.32. The van der Waals surface area contributed by atoms with Gasteiger partial charge in [0.1, 0.15) is 6.54 Å². The van der Waals surface area contributed by atoms with Crippen molar-refractivity contribution < 1.29 is 14.3 Å². The van der Waals surface area contributed by atoms with E-state index in [9.17, 15) is 4.79 Å². The molecule has 0 bridgehead atoms. The number of nitrogens with one attached hydrogen (secondary N) is 2. The number of hydrogen-bond acceptors (Lipinski definition) is 5. The zero-order valence-corrected chi connectivity index (χ0v) is 18.5. The van der Waals surface area contributed by atoms with Gasteiger partial charge in [-0.2, -0.15) is 0 Å². The van der Waals surface area contributed by atoms with Crippen LogP contribution in [0, 0.1) is 0 Å². The molecule has 0 spiro atoms. The molecule has 4 rings (SSSR count). The van der Waals surface area contributed by atoms with Crippen LogP contribution >= 0.6 is 0 Å². The molecule has 1 fully saturated rings. The van der Waals surface area contributed by atoms with Crippen molar-refractivity contribution in [2.45, 2.75) is 13.3 Å². The largest absolute Gasteiger partial charge is 0.454 e. The number of rotatable bonds is 7. The molecule has 2 heterocycles. The number of anilines is 1. The average Bonchev–Trinajstić information content (AvgIpc) is 3.31. The summed E-state index contributed by atoms with van der Waals surface area (Å²) in [6, 6.07) is 16.3. The number of piperazine rings is 1. The summed E-state index contributed by atoms with van der Waals surface area (Å²) in [5.74, 6) is 2.30. The lowest BCUT2D eigenvalue weighted by molar-refractivity contribution is -0.129. The van der Waals surface area contributed by atoms with E-state index in [1.54, 1.807) is 0 Å². The summed E-state index contributed by atoms with van der Waals surface area (Å²) >= 11 is 0. The molecule has 0 aliphatic carbocycles. The summed E-state index contributed by atoms with van der Waals surface area (Å²) in [6.07, 6.45) is 0.816. The minimum absolute atomic E-state index is 0.0608. The van der Waals surface area contributed by atoms with Gasteiger partial charge < -0.3 is 29.9 Å². The molecule has 170 valence electrons. The zero-order valence-electron chi connectivity index (χ0n) is 18.5. The molecule has 1 amide bonds. The molecule has 0 saturated carbocycles. The first-order chi connectivity index (χ1) is 15.7. The molecule has 32 heavy (non-hydrogen) atoms. The Hall–Kier alpha value is -3.42. The van der Waals surface area contributed by atoms with Crippen LogP contribution in [0.2, 0.25) is 0 Å². The number of carbonyl (C=O) groups excluding carboxylic acids is 1. The molecular weight excluding hydrogens is 406 g/mol. The second-order valence-corrected chi connectivity index (χ2v) is 7.76. The van der Waals surface area contributed by atoms with Gasteiger partial charge in [-0.1, -0.05) is 24.3 Å². The lowest BCUT2D eigenvalue weighted by Crippen LogP contribution is -2.49. The number of guanidine groups is 1. The molecule has 0 unspecified atom stereocenters. The molecule has 0 aromatic heterocycles. The molecule has 2 aliphatic rings. The average molecular weight is 438 g/mol. The lowest BCUT2D eigenvalue weighted by atomic mass is 10.1. The van der Waals surface area contributed by atoms with E-state index in [4.69, 9.17) is 9.47 Å². The number of aliphatic imine (C=N–C) groups is 1. The molecular formula is C24H31N5O3. The summed E-state index contributed by atoms with van der Waals surface area (Å²) in [4.78, 5) is 21.4. The van der Waals surface area contributed by atoms with E-state index < -0.39 is 0 Å². The predicted molar refractivity (Wildman–Crippen MR) is 125 cm³/mol. The van der Waals surface area contributed by atoms with E-state index in [0.717, 1.165) is 56.2 Å². The zero-order chi connectivity index (χ0) is 22.2. The van der Waals surface area contributed by atoms with Crippen molar-refractivity contribution in [3.8, 4) is 11.5 Å². The third-order valence-corrected chi connectivity index (χ3v) is 5.61. The van der Waals surface area contributed by atoms with Gasteiger partial charge in [-0.15, -0.1) is 0 Å². The second kappa shape index (κ2) is 10.7. The van der Waals surface area contributed by atoms with Gasteiger partial charge in [-0.3, -0.25) is 4.79 Å². The van der Waals surface area contributed by atoms with Gasteiger partial charge in [0.05, 0.1) is 0 Å². The van der Waals surface area contributed by atoms with Crippen molar-refractivity contribution in [2.75, 3.05) is 57.5 Å². The van der Waals surface area contributed by atoms with Gasteiger partial charge in [0.15, 0.2) is 17.5 Å². The molecule has 2 N–H and O–H groups in total. The highest BCUT2D eigenvalue weighted by Crippen LogP contribution is 2.32. The van der Waals surface area contributed by atoms with E-state index in [2.05, 4.69) is 32.7 Å². The maximum atomic E-state index is 12.7. The molecule has 0 atom stereocenters. The van der Waals surface area contributed by atoms with E-state index in [0.29, 0.717) is 12.5 Å². The van der Waals surface area contributed by atoms with Crippen molar-refractivity contribution in [3.05, 3.63) is 54.1 Å². The Bertz CT molecular complexity index is 926. The Balaban J connectivity index is 1.23. The highest BCUT2D eigenvalue weighted by atomic mass is 16.7. The minimum Gasteiger partial charge on any atom is -0.454 e. The van der Waals surface area contributed by atoms with Crippen LogP contribution in [0.1, 0.15) is 12.5 Å². The number of fused-ring (bicyclic) bond motifs is 1. The summed E-state index contributed by atoms with van der Waals surface area (Å²) in [6.45, 7) is 7.00. The summed E-state index contributed by atoms with van der Waals surface area (Å²) < 4.78 is 10.8. The van der Waals surface area contributed by atoms with E-state index in [1.807, 2.05) is 48.2 Å². The van der Waals surface area contributed by atoms with E-state index >= 15 is 0 Å². The molecule has 1 saturated heterocycles. The molecule has 2 aromatic carbocycles. The van der Waals surface area contributed by atoms with Crippen LogP contribution in [0.3, 0.4) is 0 Å². The van der Waals surface area contributed by atoms with Crippen LogP contribution in [-0.4, -0.2) is 69.4 Å². The van der Waals surface area contributed by atoms with Gasteiger partial charge in [0.25, 0.3) is 0 Å². The van der Waals surface area contributed by atoms with Gasteiger partial charge in [-0.25, -0.2) is 4.99 Å². The van der Waals surface area contributed by atoms with Crippen LogP contribution in [0.25, 0.3) is 0 Å². The van der Waals surface area contributed by atoms with Gasteiger partial charge in [0, 0.05) is 45.0 Å². The minimum atomic E-state index is 0.0608. The highest BCUT2D eigenvalue weighted by molar-refractivity contribution is 5.85. The molecule has 8 heteroatoms. The fourth-order valence-electron chi connectivity index (χ4n) is 3.86. The van der Waals surface area contributed by atoms with Crippen LogP contribution in [0.5, 0.6) is 11.5 Å². The predicted octanol–water partition coefficient (Wildman–Crippen LogP) is 1.86. The van der Waals surface area contributed by atoms with Crippen LogP contribution < -0.4 is 25.0 Å². The first-order valence-corrected chi connectivity index (χ1v) is 11.2. The number of para-hydroxylation sites is 1. The van der Waals surface area contributed by atoms with Crippen LogP contribution in [-0.2, 0) is 11.2 Å². The third-order valence-electron chi connectivity index (χ3n) is 5.61. The maximum Gasteiger partial charge on any atom is 0.244 e. The van der Waals surface area contributed by atoms with Crippen molar-refractivity contribution >= 4 is 17.6 Å². The van der Waals surface area contributed by atoms with E-state index in [1.165, 1.54) is 5.69 Å². The number of carbonyl (C=O) groups is 1. The van der Waals surface area contributed by atoms with Gasteiger partial charge >= 0.3 is 0 Å². The van der Waals surface area contributed by atoms with Crippen molar-refractivity contribution in [3.63, 3.8) is 0 Å². The Labute approximate surface area is 189 Å². The maximum absolute atomic E-state index is 12.7. The van der Waals surface area contributed by atoms with Crippen molar-refractivity contribution in [1.82, 2.24) is 15.5 Å². The molecule has 0 radical (unpaired) electrons. The first kappa shape index (κ1) is 21.8. The number of ether oxygens (including phenoxy) is 2. The quantitative estimate of drug-likeness (QED) is 0.509. The van der Waals surface area contributed by atoms with Crippen molar-refractivity contribution in [1.29, 1.82) is 0 Å². The van der Waals surface area contributed by atoms with Gasteiger partial charge in [0.2, 0.25) is 12.7 Å². The summed E-state index contributed by atoms with van der Waals surface area (Å²) in [5.41, 5.74) is 2.36. The number of benzene rings is 2. The number of hydrogen-bond donors (Lipinski definition) is 2. The van der Waals surface area contributed by atoms with E-state index in [-0.39, 0.29) is 19.2 Å². The summed E-state index contributed by atoms with van der Waals surface area (Å²) in [5, 5.41) is 6.52. The topological polar surface area (TPSA) is 78.4 Å². The highest BCUT2D eigenvalue weighted by Gasteiger charge is 2.21. The first-order valence-electron chi connectivity index (χ1n) is 11.2.